The Balaban J connectivity index is 2.07. The van der Waals surface area contributed by atoms with Gasteiger partial charge in [-0.2, -0.15) is 5.26 Å². The van der Waals surface area contributed by atoms with Crippen LogP contribution in [0.1, 0.15) is 56.4 Å². The first kappa shape index (κ1) is 16.3. The molecule has 21 heavy (non-hydrogen) atoms. The summed E-state index contributed by atoms with van der Waals surface area (Å²) in [5.41, 5.74) is 0.644. The van der Waals surface area contributed by atoms with Crippen LogP contribution >= 0.6 is 23.2 Å². The molecule has 0 amide bonds. The number of ketones is 1. The van der Waals surface area contributed by atoms with Crippen molar-refractivity contribution in [3.8, 4) is 6.07 Å². The minimum Gasteiger partial charge on any atom is -0.298 e. The SMILES string of the molecule is N#CC(C(=O)CC1CCCCCC1)c1ccc(Cl)c(Cl)c1. The highest BCUT2D eigenvalue weighted by atomic mass is 35.5. The molecule has 0 saturated heterocycles. The molecule has 1 atom stereocenters. The van der Waals surface area contributed by atoms with Crippen molar-refractivity contribution in [3.05, 3.63) is 33.8 Å². The Hall–Kier alpha value is -1.04. The van der Waals surface area contributed by atoms with Gasteiger partial charge in [0.15, 0.2) is 5.78 Å². The maximum Gasteiger partial charge on any atom is 0.154 e. The molecule has 1 saturated carbocycles. The minimum absolute atomic E-state index is 0.00258. The molecule has 112 valence electrons. The maximum atomic E-state index is 12.5. The van der Waals surface area contributed by atoms with Crippen LogP contribution in [0.2, 0.25) is 10.0 Å². The Morgan fingerprint density at radius 1 is 1.19 bits per heavy atom. The predicted molar refractivity (Wildman–Crippen MR) is 85.6 cm³/mol. The van der Waals surface area contributed by atoms with E-state index in [4.69, 9.17) is 23.2 Å². The molecule has 0 aromatic heterocycles. The quantitative estimate of drug-likeness (QED) is 0.683. The number of hydrogen-bond acceptors (Lipinski definition) is 2. The number of carbonyl (C=O) groups is 1. The number of nitrogens with zero attached hydrogens (tertiary/aromatic N) is 1. The second-order valence-electron chi connectivity index (χ2n) is 5.76. The highest BCUT2D eigenvalue weighted by Crippen LogP contribution is 2.31. The van der Waals surface area contributed by atoms with E-state index in [1.54, 1.807) is 18.2 Å². The fourth-order valence-corrected chi connectivity index (χ4v) is 3.30. The van der Waals surface area contributed by atoms with Gasteiger partial charge in [-0.05, 0) is 23.6 Å². The van der Waals surface area contributed by atoms with E-state index in [0.717, 1.165) is 12.8 Å². The molecule has 0 heterocycles. The standard InChI is InChI=1S/C17H19Cl2NO/c18-15-8-7-13(10-16(15)19)14(11-20)17(21)9-12-5-3-1-2-4-6-12/h7-8,10,12,14H,1-6,9H2. The lowest BCUT2D eigenvalue weighted by atomic mass is 9.87. The van der Waals surface area contributed by atoms with Gasteiger partial charge in [-0.3, -0.25) is 4.79 Å². The number of hydrogen-bond donors (Lipinski definition) is 0. The van der Waals surface area contributed by atoms with Crippen molar-refractivity contribution in [2.45, 2.75) is 50.9 Å². The highest BCUT2D eigenvalue weighted by Gasteiger charge is 2.24. The van der Waals surface area contributed by atoms with E-state index in [0.29, 0.717) is 27.9 Å². The number of rotatable bonds is 4. The van der Waals surface area contributed by atoms with E-state index in [1.165, 1.54) is 25.7 Å². The lowest BCUT2D eigenvalue weighted by Crippen LogP contribution is -2.15. The summed E-state index contributed by atoms with van der Waals surface area (Å²) in [6.07, 6.45) is 7.62. The molecule has 1 aromatic carbocycles. The van der Waals surface area contributed by atoms with Crippen molar-refractivity contribution >= 4 is 29.0 Å². The molecule has 0 N–H and O–H groups in total. The highest BCUT2D eigenvalue weighted by molar-refractivity contribution is 6.42. The van der Waals surface area contributed by atoms with E-state index in [1.807, 2.05) is 0 Å². The molecular formula is C17H19Cl2NO. The van der Waals surface area contributed by atoms with E-state index in [9.17, 15) is 10.1 Å². The van der Waals surface area contributed by atoms with E-state index in [2.05, 4.69) is 6.07 Å². The van der Waals surface area contributed by atoms with Crippen molar-refractivity contribution in [1.29, 1.82) is 5.26 Å². The van der Waals surface area contributed by atoms with Gasteiger partial charge in [0.05, 0.1) is 16.1 Å². The van der Waals surface area contributed by atoms with E-state index < -0.39 is 5.92 Å². The van der Waals surface area contributed by atoms with Gasteiger partial charge in [0.1, 0.15) is 5.92 Å². The fraction of sp³-hybridized carbons (Fsp3) is 0.529. The molecular weight excluding hydrogens is 305 g/mol. The Morgan fingerprint density at radius 2 is 1.86 bits per heavy atom. The Morgan fingerprint density at radius 3 is 2.43 bits per heavy atom. The molecule has 0 aliphatic heterocycles. The molecule has 0 spiro atoms. The number of Topliss-reactive ketones (excluding diaryl/α,β-unsaturated/α-hetero) is 1. The van der Waals surface area contributed by atoms with Crippen molar-refractivity contribution in [1.82, 2.24) is 0 Å². The Kier molecular flexibility index (Phi) is 6.08. The van der Waals surface area contributed by atoms with Crippen LogP contribution in [-0.4, -0.2) is 5.78 Å². The zero-order chi connectivity index (χ0) is 15.2. The first-order chi connectivity index (χ1) is 10.1. The third-order valence-electron chi connectivity index (χ3n) is 4.19. The molecule has 0 radical (unpaired) electrons. The normalized spacial score (nSPS) is 17.8. The number of carbonyl (C=O) groups excluding carboxylic acids is 1. The van der Waals surface area contributed by atoms with Gasteiger partial charge in [-0.25, -0.2) is 0 Å². The predicted octanol–water partition coefficient (Wildman–Crippen LogP) is 5.53. The topological polar surface area (TPSA) is 40.9 Å². The lowest BCUT2D eigenvalue weighted by molar-refractivity contribution is -0.120. The monoisotopic (exact) mass is 323 g/mol. The summed E-state index contributed by atoms with van der Waals surface area (Å²) in [4.78, 5) is 12.5. The zero-order valence-electron chi connectivity index (χ0n) is 11.9. The molecule has 2 rings (SSSR count). The number of benzene rings is 1. The number of nitriles is 1. The van der Waals surface area contributed by atoms with Gasteiger partial charge >= 0.3 is 0 Å². The molecule has 1 fully saturated rings. The molecule has 1 aromatic rings. The molecule has 1 aliphatic rings. The molecule has 2 nitrogen and oxygen atoms in total. The van der Waals surface area contributed by atoms with Crippen molar-refractivity contribution in [2.75, 3.05) is 0 Å². The van der Waals surface area contributed by atoms with Crippen LogP contribution in [0.25, 0.3) is 0 Å². The Bertz CT molecular complexity index is 542. The van der Waals surface area contributed by atoms with Crippen LogP contribution in [0.3, 0.4) is 0 Å². The molecule has 1 unspecified atom stereocenters. The van der Waals surface area contributed by atoms with Crippen LogP contribution in [-0.2, 0) is 4.79 Å². The van der Waals surface area contributed by atoms with E-state index >= 15 is 0 Å². The van der Waals surface area contributed by atoms with Crippen molar-refractivity contribution < 1.29 is 4.79 Å². The zero-order valence-corrected chi connectivity index (χ0v) is 13.5. The summed E-state index contributed by atoms with van der Waals surface area (Å²) in [6, 6.07) is 7.10. The third-order valence-corrected chi connectivity index (χ3v) is 4.93. The van der Waals surface area contributed by atoms with Crippen molar-refractivity contribution in [2.24, 2.45) is 5.92 Å². The van der Waals surface area contributed by atoms with Crippen LogP contribution < -0.4 is 0 Å². The average molecular weight is 324 g/mol. The van der Waals surface area contributed by atoms with Gasteiger partial charge in [0, 0.05) is 6.42 Å². The first-order valence-electron chi connectivity index (χ1n) is 7.49. The molecule has 0 bridgehead atoms. The second kappa shape index (κ2) is 7.82. The maximum absolute atomic E-state index is 12.5. The largest absolute Gasteiger partial charge is 0.298 e. The van der Waals surface area contributed by atoms with Gasteiger partial charge in [-0.1, -0.05) is 67.8 Å². The summed E-state index contributed by atoms with van der Waals surface area (Å²) in [6.45, 7) is 0. The first-order valence-corrected chi connectivity index (χ1v) is 8.24. The lowest BCUT2D eigenvalue weighted by Gasteiger charge is -2.15. The van der Waals surface area contributed by atoms with Gasteiger partial charge in [0.2, 0.25) is 0 Å². The summed E-state index contributed by atoms with van der Waals surface area (Å²) in [5, 5.41) is 10.2. The summed E-state index contributed by atoms with van der Waals surface area (Å²) < 4.78 is 0. The third kappa shape index (κ3) is 4.46. The second-order valence-corrected chi connectivity index (χ2v) is 6.58. The van der Waals surface area contributed by atoms with Crippen molar-refractivity contribution in [3.63, 3.8) is 0 Å². The van der Waals surface area contributed by atoms with Gasteiger partial charge in [-0.15, -0.1) is 0 Å². The number of halogens is 2. The van der Waals surface area contributed by atoms with Gasteiger partial charge < -0.3 is 0 Å². The summed E-state index contributed by atoms with van der Waals surface area (Å²) >= 11 is 11.9. The van der Waals surface area contributed by atoms with Crippen LogP contribution in [0.5, 0.6) is 0 Å². The Labute approximate surface area is 136 Å². The van der Waals surface area contributed by atoms with Crippen LogP contribution in [0.15, 0.2) is 18.2 Å². The molecule has 4 heteroatoms. The molecule has 1 aliphatic carbocycles. The van der Waals surface area contributed by atoms with E-state index in [-0.39, 0.29) is 5.78 Å². The average Bonchev–Trinajstić information content (AvgIpc) is 2.72. The van der Waals surface area contributed by atoms with Gasteiger partial charge in [0.25, 0.3) is 0 Å². The summed E-state index contributed by atoms with van der Waals surface area (Å²) in [7, 11) is 0. The minimum atomic E-state index is -0.733. The van der Waals surface area contributed by atoms with Crippen LogP contribution in [0.4, 0.5) is 0 Å². The van der Waals surface area contributed by atoms with Crippen LogP contribution in [0, 0.1) is 17.2 Å². The smallest absolute Gasteiger partial charge is 0.154 e. The fourth-order valence-electron chi connectivity index (χ4n) is 2.99. The summed E-state index contributed by atoms with van der Waals surface area (Å²) in [5.74, 6) is -0.301.